The molecule has 0 aliphatic heterocycles. The van der Waals surface area contributed by atoms with Crippen molar-refractivity contribution in [2.75, 3.05) is 0 Å². The van der Waals surface area contributed by atoms with Crippen LogP contribution in [0.1, 0.15) is 85.5 Å². The van der Waals surface area contributed by atoms with Gasteiger partial charge in [0.25, 0.3) is 0 Å². The molecule has 0 spiro atoms. The fourth-order valence-electron chi connectivity index (χ4n) is 3.15. The predicted octanol–water partition coefficient (Wildman–Crippen LogP) is 5.38. The lowest BCUT2D eigenvalue weighted by Gasteiger charge is -2.30. The Bertz CT molecular complexity index is 254. The van der Waals surface area contributed by atoms with E-state index in [0.29, 0.717) is 11.2 Å². The lowest BCUT2D eigenvalue weighted by Crippen LogP contribution is -2.18. The van der Waals surface area contributed by atoms with E-state index in [1.165, 1.54) is 32.1 Å². The van der Waals surface area contributed by atoms with Crippen molar-refractivity contribution < 1.29 is 4.79 Å². The summed E-state index contributed by atoms with van der Waals surface area (Å²) in [5, 5.41) is 0. The van der Waals surface area contributed by atoms with E-state index in [0.717, 1.165) is 37.5 Å². The highest BCUT2D eigenvalue weighted by Crippen LogP contribution is 2.37. The molecule has 1 aliphatic rings. The van der Waals surface area contributed by atoms with Crippen LogP contribution in [0.3, 0.4) is 0 Å². The molecule has 0 aromatic heterocycles. The average molecular weight is 252 g/mol. The molecule has 2 atom stereocenters. The SMILES string of the molecule is CCC(C)CCC(C)(C)CC1CCCC(=O)CC1. The number of carbonyl (C=O) groups is 1. The Kier molecular flexibility index (Phi) is 6.38. The Morgan fingerprint density at radius 1 is 1.28 bits per heavy atom. The van der Waals surface area contributed by atoms with Crippen LogP contribution in [-0.2, 0) is 4.79 Å². The molecule has 0 bridgehead atoms. The highest BCUT2D eigenvalue weighted by atomic mass is 16.1. The zero-order valence-electron chi connectivity index (χ0n) is 12.9. The molecule has 2 unspecified atom stereocenters. The van der Waals surface area contributed by atoms with E-state index in [-0.39, 0.29) is 0 Å². The first kappa shape index (κ1) is 15.7. The van der Waals surface area contributed by atoms with E-state index in [1.807, 2.05) is 0 Å². The van der Waals surface area contributed by atoms with Gasteiger partial charge in [0.1, 0.15) is 5.78 Å². The topological polar surface area (TPSA) is 17.1 Å². The molecule has 0 N–H and O–H groups in total. The van der Waals surface area contributed by atoms with Crippen LogP contribution in [0.2, 0.25) is 0 Å². The van der Waals surface area contributed by atoms with Gasteiger partial charge in [0.2, 0.25) is 0 Å². The normalized spacial score (nSPS) is 23.8. The summed E-state index contributed by atoms with van der Waals surface area (Å²) in [6.45, 7) is 9.49. The summed E-state index contributed by atoms with van der Waals surface area (Å²) in [5.41, 5.74) is 0.460. The lowest BCUT2D eigenvalue weighted by molar-refractivity contribution is -0.118. The number of hydrogen-bond donors (Lipinski definition) is 0. The summed E-state index contributed by atoms with van der Waals surface area (Å²) >= 11 is 0. The van der Waals surface area contributed by atoms with Crippen molar-refractivity contribution in [3.8, 4) is 0 Å². The minimum Gasteiger partial charge on any atom is -0.300 e. The second kappa shape index (κ2) is 7.31. The number of Topliss-reactive ketones (excluding diaryl/α,β-unsaturated/α-hetero) is 1. The van der Waals surface area contributed by atoms with Crippen LogP contribution in [0.15, 0.2) is 0 Å². The van der Waals surface area contributed by atoms with E-state index in [9.17, 15) is 4.79 Å². The van der Waals surface area contributed by atoms with Gasteiger partial charge in [0.05, 0.1) is 0 Å². The smallest absolute Gasteiger partial charge is 0.132 e. The maximum Gasteiger partial charge on any atom is 0.132 e. The molecule has 0 amide bonds. The van der Waals surface area contributed by atoms with Crippen molar-refractivity contribution in [1.29, 1.82) is 0 Å². The summed E-state index contributed by atoms with van der Waals surface area (Å²) in [6.07, 6.45) is 10.5. The molecule has 1 aliphatic carbocycles. The molecule has 0 aromatic rings. The molecule has 1 nitrogen and oxygen atoms in total. The molecule has 0 aromatic carbocycles. The molecule has 1 fully saturated rings. The third kappa shape index (κ3) is 6.02. The maximum absolute atomic E-state index is 11.4. The Balaban J connectivity index is 2.36. The quantitative estimate of drug-likeness (QED) is 0.580. The highest BCUT2D eigenvalue weighted by Gasteiger charge is 2.25. The van der Waals surface area contributed by atoms with E-state index < -0.39 is 0 Å². The zero-order chi connectivity index (χ0) is 13.6. The summed E-state index contributed by atoms with van der Waals surface area (Å²) < 4.78 is 0. The Morgan fingerprint density at radius 3 is 2.67 bits per heavy atom. The van der Waals surface area contributed by atoms with Gasteiger partial charge >= 0.3 is 0 Å². The lowest BCUT2D eigenvalue weighted by atomic mass is 9.75. The molecule has 1 heteroatoms. The summed E-state index contributed by atoms with van der Waals surface area (Å²) in [4.78, 5) is 11.4. The molecule has 106 valence electrons. The van der Waals surface area contributed by atoms with Crippen LogP contribution in [0.25, 0.3) is 0 Å². The second-order valence-electron chi connectivity index (χ2n) is 7.26. The van der Waals surface area contributed by atoms with Crippen molar-refractivity contribution >= 4 is 5.78 Å². The number of carbonyl (C=O) groups excluding carboxylic acids is 1. The standard InChI is InChI=1S/C17H32O/c1-5-14(2)11-12-17(3,4)13-15-7-6-8-16(18)10-9-15/h14-15H,5-13H2,1-4H3. The Hall–Kier alpha value is -0.330. The van der Waals surface area contributed by atoms with Crippen molar-refractivity contribution in [2.45, 2.75) is 85.5 Å². The van der Waals surface area contributed by atoms with Crippen LogP contribution >= 0.6 is 0 Å². The Labute approximate surface area is 114 Å². The van der Waals surface area contributed by atoms with Gasteiger partial charge in [-0.2, -0.15) is 0 Å². The van der Waals surface area contributed by atoms with Gasteiger partial charge in [-0.25, -0.2) is 0 Å². The van der Waals surface area contributed by atoms with Crippen LogP contribution in [0.4, 0.5) is 0 Å². The van der Waals surface area contributed by atoms with Crippen LogP contribution < -0.4 is 0 Å². The average Bonchev–Trinajstić information content (AvgIpc) is 2.51. The first-order valence-corrected chi connectivity index (χ1v) is 7.94. The largest absolute Gasteiger partial charge is 0.300 e. The van der Waals surface area contributed by atoms with E-state index in [4.69, 9.17) is 0 Å². The van der Waals surface area contributed by atoms with Crippen molar-refractivity contribution in [1.82, 2.24) is 0 Å². The maximum atomic E-state index is 11.4. The van der Waals surface area contributed by atoms with Crippen molar-refractivity contribution in [3.05, 3.63) is 0 Å². The van der Waals surface area contributed by atoms with E-state index >= 15 is 0 Å². The fourth-order valence-corrected chi connectivity index (χ4v) is 3.15. The van der Waals surface area contributed by atoms with Crippen molar-refractivity contribution in [3.63, 3.8) is 0 Å². The van der Waals surface area contributed by atoms with Gasteiger partial charge in [-0.3, -0.25) is 4.79 Å². The highest BCUT2D eigenvalue weighted by molar-refractivity contribution is 5.78. The molecule has 1 saturated carbocycles. The van der Waals surface area contributed by atoms with Gasteiger partial charge in [0, 0.05) is 12.8 Å². The van der Waals surface area contributed by atoms with Crippen molar-refractivity contribution in [2.24, 2.45) is 17.3 Å². The molecule has 0 saturated heterocycles. The summed E-state index contributed by atoms with van der Waals surface area (Å²) in [6, 6.07) is 0. The molecule has 1 rings (SSSR count). The first-order chi connectivity index (χ1) is 8.43. The number of rotatable bonds is 6. The predicted molar refractivity (Wildman–Crippen MR) is 78.7 cm³/mol. The van der Waals surface area contributed by atoms with Crippen LogP contribution in [0, 0.1) is 17.3 Å². The van der Waals surface area contributed by atoms with Gasteiger partial charge in [-0.15, -0.1) is 0 Å². The molecule has 18 heavy (non-hydrogen) atoms. The second-order valence-corrected chi connectivity index (χ2v) is 7.26. The van der Waals surface area contributed by atoms with Crippen LogP contribution in [-0.4, -0.2) is 5.78 Å². The summed E-state index contributed by atoms with van der Waals surface area (Å²) in [5.74, 6) is 2.15. The minimum atomic E-state index is 0.460. The number of hydrogen-bond acceptors (Lipinski definition) is 1. The molecule has 0 heterocycles. The van der Waals surface area contributed by atoms with Gasteiger partial charge in [-0.1, -0.05) is 40.5 Å². The molecular formula is C17H32O. The molecular weight excluding hydrogens is 220 g/mol. The van der Waals surface area contributed by atoms with Gasteiger partial charge < -0.3 is 0 Å². The monoisotopic (exact) mass is 252 g/mol. The van der Waals surface area contributed by atoms with Gasteiger partial charge in [0.15, 0.2) is 0 Å². The molecule has 0 radical (unpaired) electrons. The third-order valence-corrected chi connectivity index (χ3v) is 4.75. The first-order valence-electron chi connectivity index (χ1n) is 7.94. The van der Waals surface area contributed by atoms with Gasteiger partial charge in [-0.05, 0) is 49.4 Å². The van der Waals surface area contributed by atoms with E-state index in [1.54, 1.807) is 0 Å². The van der Waals surface area contributed by atoms with Crippen LogP contribution in [0.5, 0.6) is 0 Å². The third-order valence-electron chi connectivity index (χ3n) is 4.75. The Morgan fingerprint density at radius 2 is 2.00 bits per heavy atom. The minimum absolute atomic E-state index is 0.460. The van der Waals surface area contributed by atoms with E-state index in [2.05, 4.69) is 27.7 Å². The number of ketones is 1. The summed E-state index contributed by atoms with van der Waals surface area (Å²) in [7, 11) is 0. The fraction of sp³-hybridized carbons (Fsp3) is 0.941. The zero-order valence-corrected chi connectivity index (χ0v) is 12.9.